The minimum Gasteiger partial charge on any atom is -0.496 e. The molecule has 0 spiro atoms. The summed E-state index contributed by atoms with van der Waals surface area (Å²) in [5.74, 6) is 0.844. The first-order valence-corrected chi connectivity index (χ1v) is 8.83. The predicted molar refractivity (Wildman–Crippen MR) is 102 cm³/mol. The van der Waals surface area contributed by atoms with Crippen molar-refractivity contribution in [3.63, 3.8) is 0 Å². The van der Waals surface area contributed by atoms with Crippen molar-refractivity contribution in [3.05, 3.63) is 59.7 Å². The van der Waals surface area contributed by atoms with Crippen LogP contribution in [0, 0.1) is 0 Å². The van der Waals surface area contributed by atoms with Crippen molar-refractivity contribution >= 4 is 17.5 Å². The van der Waals surface area contributed by atoms with Crippen molar-refractivity contribution in [1.82, 2.24) is 4.90 Å². The smallest absolute Gasteiger partial charge is 0.254 e. The van der Waals surface area contributed by atoms with Crippen molar-refractivity contribution in [2.45, 2.75) is 25.8 Å². The Morgan fingerprint density at radius 2 is 1.85 bits per heavy atom. The minimum atomic E-state index is -0.126. The van der Waals surface area contributed by atoms with Gasteiger partial charge in [0.05, 0.1) is 13.2 Å². The monoisotopic (exact) mass is 352 g/mol. The number of carbonyl (C=O) groups excluding carboxylic acids is 2. The van der Waals surface area contributed by atoms with Crippen LogP contribution in [-0.2, 0) is 4.79 Å². The van der Waals surface area contributed by atoms with Crippen LogP contribution < -0.4 is 9.64 Å². The van der Waals surface area contributed by atoms with Gasteiger partial charge < -0.3 is 14.5 Å². The third kappa shape index (κ3) is 3.43. The third-order valence-corrected chi connectivity index (χ3v) is 4.99. The first-order valence-electron chi connectivity index (χ1n) is 8.83. The van der Waals surface area contributed by atoms with E-state index in [-0.39, 0.29) is 17.9 Å². The van der Waals surface area contributed by atoms with Gasteiger partial charge in [0.2, 0.25) is 5.91 Å². The van der Waals surface area contributed by atoms with Crippen LogP contribution in [0.5, 0.6) is 5.75 Å². The highest BCUT2D eigenvalue weighted by Crippen LogP contribution is 2.29. The molecule has 1 aliphatic heterocycles. The Labute approximate surface area is 154 Å². The number of nitrogens with zero attached hydrogens (tertiary/aromatic N) is 2. The molecule has 0 aliphatic carbocycles. The zero-order chi connectivity index (χ0) is 18.7. The van der Waals surface area contributed by atoms with E-state index in [2.05, 4.69) is 0 Å². The van der Waals surface area contributed by atoms with Gasteiger partial charge in [-0.3, -0.25) is 9.59 Å². The molecule has 0 N–H and O–H groups in total. The van der Waals surface area contributed by atoms with Gasteiger partial charge in [-0.2, -0.15) is 0 Å². The maximum atomic E-state index is 12.9. The second-order valence-electron chi connectivity index (χ2n) is 6.53. The van der Waals surface area contributed by atoms with Crippen LogP contribution in [0.25, 0.3) is 0 Å². The Balaban J connectivity index is 1.76. The number of amides is 2. The summed E-state index contributed by atoms with van der Waals surface area (Å²) in [6, 6.07) is 14.9. The van der Waals surface area contributed by atoms with Crippen LogP contribution in [0.15, 0.2) is 48.5 Å². The van der Waals surface area contributed by atoms with E-state index in [0.29, 0.717) is 12.0 Å². The van der Waals surface area contributed by atoms with Crippen molar-refractivity contribution in [2.75, 3.05) is 25.6 Å². The average Bonchev–Trinajstić information content (AvgIpc) is 3.12. The van der Waals surface area contributed by atoms with E-state index in [9.17, 15) is 9.59 Å². The summed E-state index contributed by atoms with van der Waals surface area (Å²) >= 11 is 0. The van der Waals surface area contributed by atoms with Gasteiger partial charge >= 0.3 is 0 Å². The first-order chi connectivity index (χ1) is 12.5. The highest BCUT2D eigenvalue weighted by molar-refractivity contribution is 5.97. The van der Waals surface area contributed by atoms with Crippen molar-refractivity contribution in [2.24, 2.45) is 0 Å². The Kier molecular flexibility index (Phi) is 5.26. The standard InChI is InChI=1S/C21H24N2O3/c1-15(18-7-4-5-8-19(18)26-3)22(2)21(25)16-10-12-17(13-11-16)23-14-6-9-20(23)24/h4-5,7-8,10-13,15H,6,9,14H2,1-3H3. The normalized spacial score (nSPS) is 15.0. The molecule has 1 unspecified atom stereocenters. The van der Waals surface area contributed by atoms with Crippen molar-refractivity contribution in [3.8, 4) is 5.75 Å². The summed E-state index contributed by atoms with van der Waals surface area (Å²) in [6.45, 7) is 2.73. The van der Waals surface area contributed by atoms with E-state index >= 15 is 0 Å². The number of ether oxygens (including phenoxy) is 1. The van der Waals surface area contributed by atoms with Gasteiger partial charge in [-0.15, -0.1) is 0 Å². The molecule has 26 heavy (non-hydrogen) atoms. The van der Waals surface area contributed by atoms with E-state index < -0.39 is 0 Å². The molecule has 1 heterocycles. The summed E-state index contributed by atoms with van der Waals surface area (Å²) in [6.07, 6.45) is 1.48. The number of methoxy groups -OCH3 is 1. The highest BCUT2D eigenvalue weighted by Gasteiger charge is 2.24. The van der Waals surface area contributed by atoms with Gasteiger partial charge in [-0.05, 0) is 43.7 Å². The molecule has 2 aromatic rings. The molecule has 0 saturated carbocycles. The quantitative estimate of drug-likeness (QED) is 0.825. The fourth-order valence-corrected chi connectivity index (χ4v) is 3.30. The van der Waals surface area contributed by atoms with Crippen LogP contribution in [0.3, 0.4) is 0 Å². The van der Waals surface area contributed by atoms with Gasteiger partial charge in [0.15, 0.2) is 0 Å². The number of hydrogen-bond donors (Lipinski definition) is 0. The molecule has 1 atom stereocenters. The van der Waals surface area contributed by atoms with Gasteiger partial charge in [0.1, 0.15) is 5.75 Å². The summed E-state index contributed by atoms with van der Waals surface area (Å²) < 4.78 is 5.41. The Hall–Kier alpha value is -2.82. The van der Waals surface area contributed by atoms with Crippen LogP contribution in [-0.4, -0.2) is 37.4 Å². The topological polar surface area (TPSA) is 49.9 Å². The number of anilines is 1. The molecule has 3 rings (SSSR count). The number of benzene rings is 2. The van der Waals surface area contributed by atoms with E-state index in [1.54, 1.807) is 36.1 Å². The van der Waals surface area contributed by atoms with Crippen LogP contribution in [0.2, 0.25) is 0 Å². The second-order valence-corrected chi connectivity index (χ2v) is 6.53. The molecule has 0 radical (unpaired) electrons. The summed E-state index contributed by atoms with van der Waals surface area (Å²) in [4.78, 5) is 28.2. The van der Waals surface area contributed by atoms with E-state index in [1.165, 1.54) is 0 Å². The predicted octanol–water partition coefficient (Wildman–Crippen LogP) is 3.66. The number of carbonyl (C=O) groups is 2. The van der Waals surface area contributed by atoms with Crippen molar-refractivity contribution in [1.29, 1.82) is 0 Å². The number of rotatable bonds is 5. The molecule has 5 nitrogen and oxygen atoms in total. The minimum absolute atomic E-state index is 0.0669. The fourth-order valence-electron chi connectivity index (χ4n) is 3.30. The highest BCUT2D eigenvalue weighted by atomic mass is 16.5. The molecular formula is C21H24N2O3. The van der Waals surface area contributed by atoms with E-state index in [0.717, 1.165) is 30.0 Å². The molecule has 1 saturated heterocycles. The molecular weight excluding hydrogens is 328 g/mol. The molecule has 2 aromatic carbocycles. The maximum absolute atomic E-state index is 12.9. The second kappa shape index (κ2) is 7.60. The van der Waals surface area contributed by atoms with Crippen molar-refractivity contribution < 1.29 is 14.3 Å². The summed E-state index contributed by atoms with van der Waals surface area (Å²) in [5.41, 5.74) is 2.42. The number of para-hydroxylation sites is 1. The Morgan fingerprint density at radius 1 is 1.15 bits per heavy atom. The zero-order valence-corrected chi connectivity index (χ0v) is 15.4. The molecule has 136 valence electrons. The van der Waals surface area contributed by atoms with Gasteiger partial charge in [0, 0.05) is 36.8 Å². The lowest BCUT2D eigenvalue weighted by Crippen LogP contribution is -2.30. The summed E-state index contributed by atoms with van der Waals surface area (Å²) in [7, 11) is 3.42. The van der Waals surface area contributed by atoms with E-state index in [1.807, 2.05) is 43.3 Å². The van der Waals surface area contributed by atoms with Crippen LogP contribution >= 0.6 is 0 Å². The molecule has 0 bridgehead atoms. The fraction of sp³-hybridized carbons (Fsp3) is 0.333. The van der Waals surface area contributed by atoms with Gasteiger partial charge in [0.25, 0.3) is 5.91 Å². The molecule has 0 aromatic heterocycles. The summed E-state index contributed by atoms with van der Waals surface area (Å²) in [5, 5.41) is 0. The molecule has 5 heteroatoms. The first kappa shape index (κ1) is 18.0. The van der Waals surface area contributed by atoms with E-state index in [4.69, 9.17) is 4.74 Å². The van der Waals surface area contributed by atoms with Gasteiger partial charge in [-0.25, -0.2) is 0 Å². The Morgan fingerprint density at radius 3 is 2.46 bits per heavy atom. The largest absolute Gasteiger partial charge is 0.496 e. The molecule has 2 amide bonds. The maximum Gasteiger partial charge on any atom is 0.254 e. The van der Waals surface area contributed by atoms with Crippen LogP contribution in [0.1, 0.15) is 41.7 Å². The van der Waals surface area contributed by atoms with Gasteiger partial charge in [-0.1, -0.05) is 18.2 Å². The third-order valence-electron chi connectivity index (χ3n) is 4.99. The molecule has 1 fully saturated rings. The lowest BCUT2D eigenvalue weighted by molar-refractivity contribution is -0.117. The zero-order valence-electron chi connectivity index (χ0n) is 15.4. The molecule has 1 aliphatic rings. The van der Waals surface area contributed by atoms with Crippen LogP contribution in [0.4, 0.5) is 5.69 Å². The SMILES string of the molecule is COc1ccccc1C(C)N(C)C(=O)c1ccc(N2CCCC2=O)cc1. The number of hydrogen-bond acceptors (Lipinski definition) is 3. The lowest BCUT2D eigenvalue weighted by atomic mass is 10.0. The lowest BCUT2D eigenvalue weighted by Gasteiger charge is -2.27. The Bertz CT molecular complexity index is 801. The average molecular weight is 352 g/mol.